The number of amides is 1. The van der Waals surface area contributed by atoms with Crippen LogP contribution in [0.5, 0.6) is 5.75 Å². The molecular weight excluding hydrogens is 266 g/mol. The Morgan fingerprint density at radius 3 is 2.76 bits per heavy atom. The minimum absolute atomic E-state index is 0.00820. The van der Waals surface area contributed by atoms with Gasteiger partial charge in [-0.3, -0.25) is 4.79 Å². The fraction of sp³-hybridized carbons (Fsp3) is 0.588. The summed E-state index contributed by atoms with van der Waals surface area (Å²) in [6.07, 6.45) is 5.13. The lowest BCUT2D eigenvalue weighted by molar-refractivity contribution is 0.0503. The van der Waals surface area contributed by atoms with E-state index in [2.05, 4.69) is 6.92 Å². The summed E-state index contributed by atoms with van der Waals surface area (Å²) in [5, 5.41) is 9.41. The summed E-state index contributed by atoms with van der Waals surface area (Å²) in [7, 11) is 0. The SMILES string of the molecule is CCCCOc1ccc(C(=O)N2CCCCC2CO)cc1. The van der Waals surface area contributed by atoms with Crippen LogP contribution < -0.4 is 4.74 Å². The van der Waals surface area contributed by atoms with Crippen LogP contribution in [-0.2, 0) is 0 Å². The fourth-order valence-corrected chi connectivity index (χ4v) is 2.65. The maximum atomic E-state index is 12.5. The number of carbonyl (C=O) groups excluding carboxylic acids is 1. The first-order valence-electron chi connectivity index (χ1n) is 7.91. The first-order chi connectivity index (χ1) is 10.3. The van der Waals surface area contributed by atoms with E-state index in [1.807, 2.05) is 24.3 Å². The minimum Gasteiger partial charge on any atom is -0.494 e. The molecule has 1 fully saturated rings. The molecule has 1 atom stereocenters. The Morgan fingerprint density at radius 2 is 2.10 bits per heavy atom. The number of hydrogen-bond donors (Lipinski definition) is 1. The van der Waals surface area contributed by atoms with Gasteiger partial charge < -0.3 is 14.7 Å². The molecule has 116 valence electrons. The largest absolute Gasteiger partial charge is 0.494 e. The highest BCUT2D eigenvalue weighted by atomic mass is 16.5. The maximum absolute atomic E-state index is 12.5. The summed E-state index contributed by atoms with van der Waals surface area (Å²) >= 11 is 0. The molecule has 0 aliphatic carbocycles. The first kappa shape index (κ1) is 15.8. The predicted octanol–water partition coefficient (Wildman–Crippen LogP) is 2.85. The van der Waals surface area contributed by atoms with Crippen molar-refractivity contribution in [1.29, 1.82) is 0 Å². The van der Waals surface area contributed by atoms with Crippen molar-refractivity contribution >= 4 is 5.91 Å². The summed E-state index contributed by atoms with van der Waals surface area (Å²) < 4.78 is 5.60. The highest BCUT2D eigenvalue weighted by Crippen LogP contribution is 2.21. The molecule has 1 heterocycles. The molecule has 1 aliphatic heterocycles. The van der Waals surface area contributed by atoms with Crippen LogP contribution in [0.1, 0.15) is 49.4 Å². The predicted molar refractivity (Wildman–Crippen MR) is 82.6 cm³/mol. The maximum Gasteiger partial charge on any atom is 0.254 e. The summed E-state index contributed by atoms with van der Waals surface area (Å²) in [5.74, 6) is 0.811. The average Bonchev–Trinajstić information content (AvgIpc) is 2.55. The summed E-state index contributed by atoms with van der Waals surface area (Å²) in [5.41, 5.74) is 0.665. The van der Waals surface area contributed by atoms with E-state index in [-0.39, 0.29) is 18.6 Å². The van der Waals surface area contributed by atoms with Crippen molar-refractivity contribution in [3.8, 4) is 5.75 Å². The molecule has 4 nitrogen and oxygen atoms in total. The number of hydrogen-bond acceptors (Lipinski definition) is 3. The van der Waals surface area contributed by atoms with E-state index in [1.54, 1.807) is 4.90 Å². The van der Waals surface area contributed by atoms with E-state index in [1.165, 1.54) is 0 Å². The van der Waals surface area contributed by atoms with E-state index in [9.17, 15) is 9.90 Å². The lowest BCUT2D eigenvalue weighted by Crippen LogP contribution is -2.45. The van der Waals surface area contributed by atoms with Crippen LogP contribution in [0.4, 0.5) is 0 Å². The molecule has 0 spiro atoms. The van der Waals surface area contributed by atoms with E-state index in [0.717, 1.165) is 44.4 Å². The fourth-order valence-electron chi connectivity index (χ4n) is 2.65. The van der Waals surface area contributed by atoms with Gasteiger partial charge in [0, 0.05) is 12.1 Å². The van der Waals surface area contributed by atoms with Crippen molar-refractivity contribution in [2.75, 3.05) is 19.8 Å². The van der Waals surface area contributed by atoms with Crippen LogP contribution in [0.2, 0.25) is 0 Å². The van der Waals surface area contributed by atoms with Gasteiger partial charge in [0.2, 0.25) is 0 Å². The number of benzene rings is 1. The molecule has 1 aromatic rings. The normalized spacial score (nSPS) is 18.6. The molecule has 0 radical (unpaired) electrons. The number of unbranched alkanes of at least 4 members (excludes halogenated alkanes) is 1. The number of carbonyl (C=O) groups is 1. The lowest BCUT2D eigenvalue weighted by Gasteiger charge is -2.34. The molecule has 2 rings (SSSR count). The van der Waals surface area contributed by atoms with Crippen LogP contribution in [0, 0.1) is 0 Å². The number of ether oxygens (including phenoxy) is 1. The zero-order valence-corrected chi connectivity index (χ0v) is 12.8. The Morgan fingerprint density at radius 1 is 1.33 bits per heavy atom. The van der Waals surface area contributed by atoms with Crippen molar-refractivity contribution in [2.45, 2.75) is 45.1 Å². The molecule has 1 aromatic carbocycles. The van der Waals surface area contributed by atoms with Crippen LogP contribution in [0.15, 0.2) is 24.3 Å². The van der Waals surface area contributed by atoms with Crippen molar-refractivity contribution in [3.63, 3.8) is 0 Å². The second-order valence-corrected chi connectivity index (χ2v) is 5.56. The second kappa shape index (κ2) is 8.03. The van der Waals surface area contributed by atoms with Gasteiger partial charge in [0.05, 0.1) is 19.3 Å². The van der Waals surface area contributed by atoms with Crippen molar-refractivity contribution in [1.82, 2.24) is 4.90 Å². The molecule has 1 aliphatic rings. The molecule has 0 aromatic heterocycles. The monoisotopic (exact) mass is 291 g/mol. The topological polar surface area (TPSA) is 49.8 Å². The summed E-state index contributed by atoms with van der Waals surface area (Å²) in [6.45, 7) is 3.62. The van der Waals surface area contributed by atoms with E-state index < -0.39 is 0 Å². The number of likely N-dealkylation sites (tertiary alicyclic amines) is 1. The zero-order valence-electron chi connectivity index (χ0n) is 12.8. The third-order valence-electron chi connectivity index (χ3n) is 3.97. The van der Waals surface area contributed by atoms with Gasteiger partial charge in [-0.15, -0.1) is 0 Å². The molecular formula is C17H25NO3. The van der Waals surface area contributed by atoms with Gasteiger partial charge >= 0.3 is 0 Å². The molecule has 0 saturated carbocycles. The zero-order chi connectivity index (χ0) is 15.1. The molecule has 0 bridgehead atoms. The molecule has 1 unspecified atom stereocenters. The van der Waals surface area contributed by atoms with Crippen LogP contribution in [0.25, 0.3) is 0 Å². The van der Waals surface area contributed by atoms with E-state index in [4.69, 9.17) is 4.74 Å². The second-order valence-electron chi connectivity index (χ2n) is 5.56. The number of aliphatic hydroxyl groups excluding tert-OH is 1. The summed E-state index contributed by atoms with van der Waals surface area (Å²) in [6, 6.07) is 7.28. The third-order valence-corrected chi connectivity index (χ3v) is 3.97. The highest BCUT2D eigenvalue weighted by Gasteiger charge is 2.26. The molecule has 1 N–H and O–H groups in total. The molecule has 4 heteroatoms. The van der Waals surface area contributed by atoms with E-state index in [0.29, 0.717) is 12.2 Å². The Bertz CT molecular complexity index is 444. The minimum atomic E-state index is -0.0354. The van der Waals surface area contributed by atoms with E-state index >= 15 is 0 Å². The van der Waals surface area contributed by atoms with Gasteiger partial charge in [0.1, 0.15) is 5.75 Å². The number of piperidine rings is 1. The molecule has 1 amide bonds. The Balaban J connectivity index is 1.98. The van der Waals surface area contributed by atoms with Gasteiger partial charge in [0.25, 0.3) is 5.91 Å². The van der Waals surface area contributed by atoms with Crippen LogP contribution >= 0.6 is 0 Å². The first-order valence-corrected chi connectivity index (χ1v) is 7.91. The molecule has 21 heavy (non-hydrogen) atoms. The lowest BCUT2D eigenvalue weighted by atomic mass is 10.0. The van der Waals surface area contributed by atoms with Gasteiger partial charge in [-0.2, -0.15) is 0 Å². The number of nitrogens with zero attached hydrogens (tertiary/aromatic N) is 1. The highest BCUT2D eigenvalue weighted by molar-refractivity contribution is 5.94. The van der Waals surface area contributed by atoms with Crippen molar-refractivity contribution in [3.05, 3.63) is 29.8 Å². The standard InChI is InChI=1S/C17H25NO3/c1-2-3-12-21-16-9-7-14(8-10-16)17(20)18-11-5-4-6-15(18)13-19/h7-10,15,19H,2-6,11-13H2,1H3. The third kappa shape index (κ3) is 4.21. The van der Waals surface area contributed by atoms with Gasteiger partial charge in [-0.05, 0) is 49.9 Å². The van der Waals surface area contributed by atoms with Gasteiger partial charge in [0.15, 0.2) is 0 Å². The van der Waals surface area contributed by atoms with Gasteiger partial charge in [-0.25, -0.2) is 0 Å². The Labute approximate surface area is 126 Å². The van der Waals surface area contributed by atoms with Crippen LogP contribution in [-0.4, -0.2) is 41.7 Å². The number of aliphatic hydroxyl groups is 1. The smallest absolute Gasteiger partial charge is 0.254 e. The van der Waals surface area contributed by atoms with Crippen molar-refractivity contribution in [2.24, 2.45) is 0 Å². The Hall–Kier alpha value is -1.55. The quantitative estimate of drug-likeness (QED) is 0.820. The van der Waals surface area contributed by atoms with Crippen molar-refractivity contribution < 1.29 is 14.6 Å². The molecule has 1 saturated heterocycles. The average molecular weight is 291 g/mol. The summed E-state index contributed by atoms with van der Waals surface area (Å²) in [4.78, 5) is 14.3. The number of rotatable bonds is 6. The van der Waals surface area contributed by atoms with Gasteiger partial charge in [-0.1, -0.05) is 13.3 Å². The Kier molecular flexibility index (Phi) is 6.05. The van der Waals surface area contributed by atoms with Crippen LogP contribution in [0.3, 0.4) is 0 Å².